The van der Waals surface area contributed by atoms with Crippen LogP contribution in [0.1, 0.15) is 66.7 Å². The number of amides is 2. The molecule has 0 saturated carbocycles. The van der Waals surface area contributed by atoms with E-state index in [2.05, 4.69) is 31.4 Å². The lowest BCUT2D eigenvalue weighted by molar-refractivity contribution is -0.138. The van der Waals surface area contributed by atoms with E-state index in [9.17, 15) is 19.2 Å². The first-order valence-electron chi connectivity index (χ1n) is 10.4. The third-order valence-corrected chi connectivity index (χ3v) is 5.19. The zero-order valence-corrected chi connectivity index (χ0v) is 18.4. The van der Waals surface area contributed by atoms with E-state index >= 15 is 0 Å². The van der Waals surface area contributed by atoms with Crippen molar-refractivity contribution < 1.29 is 29.4 Å². The molecule has 0 aliphatic heterocycles. The van der Waals surface area contributed by atoms with E-state index < -0.39 is 11.9 Å². The number of carbonyl (C=O) groups is 4. The Bertz CT molecular complexity index is 551. The maximum atomic E-state index is 12.1. The van der Waals surface area contributed by atoms with Crippen molar-refractivity contribution in [3.05, 3.63) is 0 Å². The van der Waals surface area contributed by atoms with Crippen LogP contribution in [0.5, 0.6) is 0 Å². The molecule has 0 spiro atoms. The van der Waals surface area contributed by atoms with Crippen LogP contribution in [0.3, 0.4) is 0 Å². The van der Waals surface area contributed by atoms with Crippen LogP contribution in [-0.4, -0.2) is 47.1 Å². The van der Waals surface area contributed by atoms with Crippen LogP contribution in [0.2, 0.25) is 0 Å². The van der Waals surface area contributed by atoms with Crippen molar-refractivity contribution in [2.24, 2.45) is 29.6 Å². The topological polar surface area (TPSA) is 133 Å². The number of carbonyl (C=O) groups excluding carboxylic acids is 2. The smallest absolute Gasteiger partial charge is 0.322 e. The minimum atomic E-state index is -1.05. The highest BCUT2D eigenvalue weighted by Crippen LogP contribution is 2.27. The van der Waals surface area contributed by atoms with E-state index in [-0.39, 0.29) is 36.7 Å². The van der Waals surface area contributed by atoms with Gasteiger partial charge in [-0.1, -0.05) is 34.6 Å². The van der Waals surface area contributed by atoms with Crippen molar-refractivity contribution in [1.29, 1.82) is 0 Å². The van der Waals surface area contributed by atoms with E-state index in [0.29, 0.717) is 37.0 Å². The van der Waals surface area contributed by atoms with Gasteiger partial charge in [0.1, 0.15) is 13.1 Å². The molecule has 0 aromatic carbocycles. The van der Waals surface area contributed by atoms with E-state index in [4.69, 9.17) is 10.2 Å². The van der Waals surface area contributed by atoms with Gasteiger partial charge < -0.3 is 20.8 Å². The van der Waals surface area contributed by atoms with Crippen LogP contribution in [-0.2, 0) is 19.2 Å². The second-order valence-corrected chi connectivity index (χ2v) is 8.49. The molecule has 0 aromatic rings. The zero-order chi connectivity index (χ0) is 22.6. The number of rotatable bonds is 15. The highest BCUT2D eigenvalue weighted by Gasteiger charge is 2.23. The van der Waals surface area contributed by atoms with Crippen LogP contribution in [0, 0.1) is 29.6 Å². The summed E-state index contributed by atoms with van der Waals surface area (Å²) in [4.78, 5) is 45.2. The molecule has 168 valence electrons. The third kappa shape index (κ3) is 12.9. The molecule has 0 radical (unpaired) electrons. The van der Waals surface area contributed by atoms with Gasteiger partial charge in [-0.2, -0.15) is 0 Å². The van der Waals surface area contributed by atoms with Gasteiger partial charge in [0, 0.05) is 11.8 Å². The van der Waals surface area contributed by atoms with Gasteiger partial charge in [-0.25, -0.2) is 0 Å². The molecule has 0 aliphatic carbocycles. The molecule has 5 unspecified atom stereocenters. The molecular formula is C21H38N2O6. The Balaban J connectivity index is 4.36. The van der Waals surface area contributed by atoms with Crippen LogP contribution >= 0.6 is 0 Å². The zero-order valence-electron chi connectivity index (χ0n) is 18.4. The quantitative estimate of drug-likeness (QED) is 0.325. The first kappa shape index (κ1) is 26.9. The molecule has 0 rings (SSSR count). The van der Waals surface area contributed by atoms with Gasteiger partial charge in [0.15, 0.2) is 0 Å². The van der Waals surface area contributed by atoms with Gasteiger partial charge in [0.2, 0.25) is 11.8 Å². The number of hydrogen-bond acceptors (Lipinski definition) is 4. The third-order valence-electron chi connectivity index (χ3n) is 5.19. The SMILES string of the molecule is CCC(CC(C)CC(C)CC(C)CC(C)C(=O)NCC(=O)O)C(=O)NCC(=O)O. The summed E-state index contributed by atoms with van der Waals surface area (Å²) in [7, 11) is 0. The Kier molecular flexibility index (Phi) is 12.9. The molecule has 29 heavy (non-hydrogen) atoms. The van der Waals surface area contributed by atoms with Crippen LogP contribution in [0.25, 0.3) is 0 Å². The maximum Gasteiger partial charge on any atom is 0.322 e. The molecule has 0 fully saturated rings. The van der Waals surface area contributed by atoms with Gasteiger partial charge >= 0.3 is 11.9 Å². The number of carboxylic acids is 2. The molecule has 0 heterocycles. The molecular weight excluding hydrogens is 376 g/mol. The first-order valence-corrected chi connectivity index (χ1v) is 10.4. The summed E-state index contributed by atoms with van der Waals surface area (Å²) >= 11 is 0. The monoisotopic (exact) mass is 414 g/mol. The van der Waals surface area contributed by atoms with Gasteiger partial charge in [-0.3, -0.25) is 19.2 Å². The number of nitrogens with one attached hydrogen (secondary N) is 2. The Morgan fingerprint density at radius 2 is 1.10 bits per heavy atom. The summed E-state index contributed by atoms with van der Waals surface area (Å²) in [5.74, 6) is -1.89. The van der Waals surface area contributed by atoms with Crippen molar-refractivity contribution in [3.8, 4) is 0 Å². The van der Waals surface area contributed by atoms with Gasteiger partial charge in [0.25, 0.3) is 0 Å². The summed E-state index contributed by atoms with van der Waals surface area (Å²) in [6.07, 6.45) is 3.98. The molecule has 5 atom stereocenters. The molecule has 0 aliphatic rings. The molecule has 8 nitrogen and oxygen atoms in total. The minimum absolute atomic E-state index is 0.188. The number of carboxylic acid groups (broad SMARTS) is 2. The molecule has 0 bridgehead atoms. The number of aliphatic carboxylic acids is 2. The average Bonchev–Trinajstić information content (AvgIpc) is 2.61. The lowest BCUT2D eigenvalue weighted by Gasteiger charge is -2.24. The lowest BCUT2D eigenvalue weighted by atomic mass is 9.82. The van der Waals surface area contributed by atoms with Crippen molar-refractivity contribution in [1.82, 2.24) is 10.6 Å². The van der Waals surface area contributed by atoms with Crippen LogP contribution in [0.15, 0.2) is 0 Å². The molecule has 0 saturated heterocycles. The second-order valence-electron chi connectivity index (χ2n) is 8.49. The highest BCUT2D eigenvalue weighted by molar-refractivity contribution is 5.83. The predicted octanol–water partition coefficient (Wildman–Crippen LogP) is 2.52. The molecule has 4 N–H and O–H groups in total. The Morgan fingerprint density at radius 3 is 1.55 bits per heavy atom. The fraction of sp³-hybridized carbons (Fsp3) is 0.810. The van der Waals surface area contributed by atoms with Crippen molar-refractivity contribution in [2.75, 3.05) is 13.1 Å². The Labute approximate surface area is 173 Å². The van der Waals surface area contributed by atoms with Crippen molar-refractivity contribution in [2.45, 2.75) is 66.7 Å². The normalized spacial score (nSPS) is 16.2. The summed E-state index contributed by atoms with van der Waals surface area (Å²) in [5, 5.41) is 22.2. The fourth-order valence-corrected chi connectivity index (χ4v) is 3.96. The van der Waals surface area contributed by atoms with Gasteiger partial charge in [0.05, 0.1) is 0 Å². The first-order chi connectivity index (χ1) is 13.5. The number of hydrogen-bond donors (Lipinski definition) is 4. The average molecular weight is 415 g/mol. The summed E-state index contributed by atoms with van der Waals surface area (Å²) in [5.41, 5.74) is 0. The molecule has 8 heteroatoms. The maximum absolute atomic E-state index is 12.1. The van der Waals surface area contributed by atoms with Crippen molar-refractivity contribution in [3.63, 3.8) is 0 Å². The predicted molar refractivity (Wildman–Crippen MR) is 110 cm³/mol. The van der Waals surface area contributed by atoms with E-state index in [0.717, 1.165) is 12.8 Å². The van der Waals surface area contributed by atoms with Crippen LogP contribution < -0.4 is 10.6 Å². The van der Waals surface area contributed by atoms with E-state index in [1.807, 2.05) is 13.8 Å². The summed E-state index contributed by atoms with van der Waals surface area (Å²) in [6.45, 7) is 9.39. The van der Waals surface area contributed by atoms with E-state index in [1.54, 1.807) is 0 Å². The van der Waals surface area contributed by atoms with Gasteiger partial charge in [-0.15, -0.1) is 0 Å². The summed E-state index contributed by atoms with van der Waals surface area (Å²) < 4.78 is 0. The van der Waals surface area contributed by atoms with E-state index in [1.165, 1.54) is 0 Å². The Hall–Kier alpha value is -2.12. The molecule has 0 aromatic heterocycles. The Morgan fingerprint density at radius 1 is 0.690 bits per heavy atom. The molecule has 2 amide bonds. The lowest BCUT2D eigenvalue weighted by Crippen LogP contribution is -2.35. The summed E-state index contributed by atoms with van der Waals surface area (Å²) in [6, 6.07) is 0. The standard InChI is InChI=1S/C21H38N2O6/c1-6-17(21(29)23-12-19(26)27)10-15(4)8-13(2)7-14(3)9-16(5)20(28)22-11-18(24)25/h13-17H,6-12H2,1-5H3,(H,22,28)(H,23,29)(H,24,25)(H,26,27). The van der Waals surface area contributed by atoms with Gasteiger partial charge in [-0.05, 0) is 49.9 Å². The minimum Gasteiger partial charge on any atom is -0.480 e. The second kappa shape index (κ2) is 14.0. The van der Waals surface area contributed by atoms with Crippen molar-refractivity contribution >= 4 is 23.8 Å². The fourth-order valence-electron chi connectivity index (χ4n) is 3.96. The highest BCUT2D eigenvalue weighted by atomic mass is 16.4. The van der Waals surface area contributed by atoms with Crippen LogP contribution in [0.4, 0.5) is 0 Å². The largest absolute Gasteiger partial charge is 0.480 e.